The summed E-state index contributed by atoms with van der Waals surface area (Å²) in [7, 11) is -0.531. The molecule has 0 aromatic rings. The lowest BCUT2D eigenvalue weighted by atomic mass is 9.97. The van der Waals surface area contributed by atoms with Crippen LogP contribution in [0.5, 0.6) is 0 Å². The van der Waals surface area contributed by atoms with E-state index >= 15 is 0 Å². The van der Waals surface area contributed by atoms with Crippen LogP contribution in [0.3, 0.4) is 0 Å². The fourth-order valence-corrected chi connectivity index (χ4v) is 4.65. The maximum absolute atomic E-state index is 11.3. The van der Waals surface area contributed by atoms with Crippen LogP contribution in [0.2, 0.25) is 0 Å². The van der Waals surface area contributed by atoms with Gasteiger partial charge in [0.1, 0.15) is 0 Å². The first kappa shape index (κ1) is 13.3. The minimum atomic E-state index is -2.70. The van der Waals surface area contributed by atoms with E-state index < -0.39 is 9.84 Å². The second kappa shape index (κ2) is 5.67. The molecule has 0 aromatic carbocycles. The molecule has 2 saturated heterocycles. The van der Waals surface area contributed by atoms with Crippen LogP contribution in [0.1, 0.15) is 19.3 Å². The lowest BCUT2D eigenvalue weighted by molar-refractivity contribution is 0.215. The molecule has 0 saturated carbocycles. The number of rotatable bonds is 4. The van der Waals surface area contributed by atoms with Crippen LogP contribution in [0.4, 0.5) is 0 Å². The smallest absolute Gasteiger partial charge is 0.150 e. The van der Waals surface area contributed by atoms with Gasteiger partial charge in [-0.25, -0.2) is 8.42 Å². The van der Waals surface area contributed by atoms with Crippen molar-refractivity contribution in [3.05, 3.63) is 0 Å². The Balaban J connectivity index is 1.60. The molecule has 0 aliphatic carbocycles. The number of sulfone groups is 1. The Kier molecular flexibility index (Phi) is 4.44. The van der Waals surface area contributed by atoms with E-state index in [1.54, 1.807) is 0 Å². The van der Waals surface area contributed by atoms with Crippen LogP contribution < -0.4 is 5.32 Å². The van der Waals surface area contributed by atoms with Gasteiger partial charge < -0.3 is 10.2 Å². The third-order valence-electron chi connectivity index (χ3n) is 4.03. The van der Waals surface area contributed by atoms with Crippen molar-refractivity contribution in [2.45, 2.75) is 19.3 Å². The van der Waals surface area contributed by atoms with Gasteiger partial charge in [0.15, 0.2) is 9.84 Å². The molecular weight excluding hydrogens is 236 g/mol. The maximum Gasteiger partial charge on any atom is 0.150 e. The van der Waals surface area contributed by atoms with Crippen molar-refractivity contribution in [1.29, 1.82) is 0 Å². The number of piperidine rings is 1. The van der Waals surface area contributed by atoms with Gasteiger partial charge in [-0.1, -0.05) is 0 Å². The zero-order valence-electron chi connectivity index (χ0n) is 10.7. The first-order valence-corrected chi connectivity index (χ1v) is 8.47. The molecule has 0 amide bonds. The van der Waals surface area contributed by atoms with Gasteiger partial charge in [-0.2, -0.15) is 0 Å². The topological polar surface area (TPSA) is 49.4 Å². The Bertz CT molecular complexity index is 334. The van der Waals surface area contributed by atoms with Gasteiger partial charge in [-0.15, -0.1) is 0 Å². The lowest BCUT2D eigenvalue weighted by Gasteiger charge is -2.29. The van der Waals surface area contributed by atoms with Gasteiger partial charge >= 0.3 is 0 Å². The number of nitrogens with zero attached hydrogens (tertiary/aromatic N) is 1. The average molecular weight is 260 g/mol. The van der Waals surface area contributed by atoms with E-state index in [4.69, 9.17) is 0 Å². The summed E-state index contributed by atoms with van der Waals surface area (Å²) in [5.74, 6) is 1.93. The summed E-state index contributed by atoms with van der Waals surface area (Å²) in [6.07, 6.45) is 3.39. The molecule has 0 aromatic heterocycles. The monoisotopic (exact) mass is 260 g/mol. The molecule has 5 heteroatoms. The Morgan fingerprint density at radius 1 is 1.12 bits per heavy atom. The van der Waals surface area contributed by atoms with Gasteiger partial charge in [0.25, 0.3) is 0 Å². The Morgan fingerprint density at radius 3 is 2.35 bits per heavy atom. The van der Waals surface area contributed by atoms with Gasteiger partial charge in [0.2, 0.25) is 0 Å². The van der Waals surface area contributed by atoms with Crippen LogP contribution >= 0.6 is 0 Å². The van der Waals surface area contributed by atoms with Crippen molar-refractivity contribution in [2.75, 3.05) is 44.7 Å². The van der Waals surface area contributed by atoms with Crippen LogP contribution in [0, 0.1) is 11.8 Å². The van der Waals surface area contributed by atoms with E-state index in [9.17, 15) is 8.42 Å². The molecule has 1 N–H and O–H groups in total. The van der Waals surface area contributed by atoms with Crippen molar-refractivity contribution in [1.82, 2.24) is 10.2 Å². The molecule has 0 spiro atoms. The van der Waals surface area contributed by atoms with Crippen molar-refractivity contribution in [3.63, 3.8) is 0 Å². The Labute approximate surface area is 105 Å². The zero-order valence-corrected chi connectivity index (χ0v) is 11.5. The fourth-order valence-electron chi connectivity index (χ4n) is 2.79. The molecule has 0 bridgehead atoms. The van der Waals surface area contributed by atoms with E-state index in [1.165, 1.54) is 25.9 Å². The van der Waals surface area contributed by atoms with Crippen molar-refractivity contribution in [3.8, 4) is 0 Å². The second-order valence-corrected chi connectivity index (χ2v) is 7.90. The standard InChI is InChI=1S/C12H24N2O2S/c1-14-5-2-11(3-6-14)8-13-9-12-4-7-17(15,16)10-12/h11-13H,2-10H2,1H3. The second-order valence-electron chi connectivity index (χ2n) is 5.67. The number of likely N-dealkylation sites (tertiary alicyclic amines) is 1. The fraction of sp³-hybridized carbons (Fsp3) is 1.00. The SMILES string of the molecule is CN1CCC(CNCC2CCS(=O)(=O)C2)CC1. The van der Waals surface area contributed by atoms with E-state index in [-0.39, 0.29) is 0 Å². The summed E-state index contributed by atoms with van der Waals surface area (Å²) < 4.78 is 22.6. The average Bonchev–Trinajstić information content (AvgIpc) is 2.61. The third kappa shape index (κ3) is 4.23. The summed E-state index contributed by atoms with van der Waals surface area (Å²) in [6, 6.07) is 0. The molecular formula is C12H24N2O2S. The summed E-state index contributed by atoms with van der Waals surface area (Å²) in [5.41, 5.74) is 0. The summed E-state index contributed by atoms with van der Waals surface area (Å²) in [6.45, 7) is 4.34. The molecule has 4 nitrogen and oxygen atoms in total. The van der Waals surface area contributed by atoms with Crippen LogP contribution in [-0.4, -0.2) is 58.1 Å². The molecule has 2 heterocycles. The highest BCUT2D eigenvalue weighted by atomic mass is 32.2. The van der Waals surface area contributed by atoms with Gasteiger partial charge in [-0.3, -0.25) is 0 Å². The molecule has 0 radical (unpaired) electrons. The van der Waals surface area contributed by atoms with E-state index in [2.05, 4.69) is 17.3 Å². The number of nitrogens with one attached hydrogen (secondary N) is 1. The van der Waals surface area contributed by atoms with E-state index in [1.807, 2.05) is 0 Å². The predicted octanol–water partition coefficient (Wildman–Crippen LogP) is 0.353. The molecule has 2 fully saturated rings. The molecule has 2 rings (SSSR count). The van der Waals surface area contributed by atoms with Crippen molar-refractivity contribution in [2.24, 2.45) is 11.8 Å². The maximum atomic E-state index is 11.3. The molecule has 100 valence electrons. The lowest BCUT2D eigenvalue weighted by Crippen LogP contribution is -2.36. The molecule has 2 aliphatic heterocycles. The van der Waals surface area contributed by atoms with Crippen LogP contribution in [0.15, 0.2) is 0 Å². The largest absolute Gasteiger partial charge is 0.316 e. The van der Waals surface area contributed by atoms with E-state index in [0.717, 1.165) is 25.4 Å². The predicted molar refractivity (Wildman–Crippen MR) is 69.9 cm³/mol. The minimum absolute atomic E-state index is 0.353. The Morgan fingerprint density at radius 2 is 1.76 bits per heavy atom. The molecule has 17 heavy (non-hydrogen) atoms. The summed E-state index contributed by atoms with van der Waals surface area (Å²) in [5, 5.41) is 3.47. The highest BCUT2D eigenvalue weighted by molar-refractivity contribution is 7.91. The minimum Gasteiger partial charge on any atom is -0.316 e. The van der Waals surface area contributed by atoms with Crippen LogP contribution in [-0.2, 0) is 9.84 Å². The molecule has 2 aliphatic rings. The van der Waals surface area contributed by atoms with Crippen molar-refractivity contribution < 1.29 is 8.42 Å². The van der Waals surface area contributed by atoms with Crippen LogP contribution in [0.25, 0.3) is 0 Å². The van der Waals surface area contributed by atoms with Gasteiger partial charge in [0.05, 0.1) is 11.5 Å². The van der Waals surface area contributed by atoms with Gasteiger partial charge in [-0.05, 0) is 64.3 Å². The summed E-state index contributed by atoms with van der Waals surface area (Å²) in [4.78, 5) is 2.38. The Hall–Kier alpha value is -0.130. The summed E-state index contributed by atoms with van der Waals surface area (Å²) >= 11 is 0. The van der Waals surface area contributed by atoms with E-state index in [0.29, 0.717) is 17.4 Å². The highest BCUT2D eigenvalue weighted by Gasteiger charge is 2.27. The first-order chi connectivity index (χ1) is 8.05. The normalized spacial score (nSPS) is 30.8. The molecule has 1 atom stereocenters. The quantitative estimate of drug-likeness (QED) is 0.792. The highest BCUT2D eigenvalue weighted by Crippen LogP contribution is 2.18. The first-order valence-electron chi connectivity index (χ1n) is 6.65. The van der Waals surface area contributed by atoms with Crippen molar-refractivity contribution >= 4 is 9.84 Å². The molecule has 1 unspecified atom stereocenters. The third-order valence-corrected chi connectivity index (χ3v) is 5.87. The number of hydrogen-bond acceptors (Lipinski definition) is 4. The van der Waals surface area contributed by atoms with Gasteiger partial charge in [0, 0.05) is 0 Å². The number of hydrogen-bond donors (Lipinski definition) is 1. The zero-order chi connectivity index (χ0) is 12.3.